The number of aromatic nitrogens is 3. The van der Waals surface area contributed by atoms with Crippen LogP contribution in [0.15, 0.2) is 79.1 Å². The van der Waals surface area contributed by atoms with Crippen LogP contribution >= 0.6 is 0 Å². The van der Waals surface area contributed by atoms with Crippen molar-refractivity contribution < 1.29 is 14.5 Å². The third-order valence-electron chi connectivity index (χ3n) is 4.82. The maximum atomic E-state index is 13.0. The molecule has 160 valence electrons. The molecule has 0 bridgehead atoms. The van der Waals surface area contributed by atoms with Crippen LogP contribution < -0.4 is 10.1 Å². The van der Waals surface area contributed by atoms with Crippen molar-refractivity contribution in [2.45, 2.75) is 6.54 Å². The van der Waals surface area contributed by atoms with Gasteiger partial charge in [0.15, 0.2) is 0 Å². The lowest BCUT2D eigenvalue weighted by atomic mass is 10.1. The highest BCUT2D eigenvalue weighted by molar-refractivity contribution is 5.94. The Morgan fingerprint density at radius 2 is 1.84 bits per heavy atom. The highest BCUT2D eigenvalue weighted by Gasteiger charge is 2.18. The van der Waals surface area contributed by atoms with Crippen molar-refractivity contribution >= 4 is 11.6 Å². The van der Waals surface area contributed by atoms with Gasteiger partial charge < -0.3 is 10.1 Å². The Hall–Kier alpha value is -4.53. The molecule has 0 aliphatic heterocycles. The lowest BCUT2D eigenvalue weighted by Gasteiger charge is -2.08. The predicted molar refractivity (Wildman–Crippen MR) is 118 cm³/mol. The van der Waals surface area contributed by atoms with Crippen molar-refractivity contribution in [3.63, 3.8) is 0 Å². The lowest BCUT2D eigenvalue weighted by molar-refractivity contribution is -0.384. The van der Waals surface area contributed by atoms with Gasteiger partial charge in [0.05, 0.1) is 23.4 Å². The van der Waals surface area contributed by atoms with E-state index >= 15 is 0 Å². The molecule has 0 unspecified atom stereocenters. The molecule has 0 saturated heterocycles. The molecule has 0 aliphatic rings. The summed E-state index contributed by atoms with van der Waals surface area (Å²) in [5, 5.41) is 18.5. The van der Waals surface area contributed by atoms with E-state index in [4.69, 9.17) is 4.74 Å². The molecule has 2 aromatic heterocycles. The summed E-state index contributed by atoms with van der Waals surface area (Å²) < 4.78 is 6.76. The molecule has 1 amide bonds. The van der Waals surface area contributed by atoms with E-state index in [0.29, 0.717) is 29.4 Å². The number of rotatable bonds is 7. The molecule has 0 saturated carbocycles. The second-order valence-electron chi connectivity index (χ2n) is 6.87. The van der Waals surface area contributed by atoms with Gasteiger partial charge in [0.25, 0.3) is 11.6 Å². The predicted octanol–water partition coefficient (Wildman–Crippen LogP) is 3.78. The van der Waals surface area contributed by atoms with Crippen molar-refractivity contribution in [3.8, 4) is 22.7 Å². The molecule has 32 heavy (non-hydrogen) atoms. The van der Waals surface area contributed by atoms with Crippen LogP contribution in [0, 0.1) is 10.1 Å². The van der Waals surface area contributed by atoms with Gasteiger partial charge in [-0.15, -0.1) is 0 Å². The van der Waals surface area contributed by atoms with Crippen molar-refractivity contribution in [2.24, 2.45) is 0 Å². The van der Waals surface area contributed by atoms with Gasteiger partial charge in [-0.2, -0.15) is 5.10 Å². The van der Waals surface area contributed by atoms with Crippen LogP contribution in [0.2, 0.25) is 0 Å². The van der Waals surface area contributed by atoms with E-state index in [0.717, 1.165) is 11.1 Å². The van der Waals surface area contributed by atoms with Crippen LogP contribution in [0.1, 0.15) is 16.1 Å². The second kappa shape index (κ2) is 9.09. The fourth-order valence-corrected chi connectivity index (χ4v) is 3.15. The van der Waals surface area contributed by atoms with Crippen LogP contribution in [0.5, 0.6) is 5.75 Å². The monoisotopic (exact) mass is 429 g/mol. The van der Waals surface area contributed by atoms with E-state index in [1.165, 1.54) is 16.8 Å². The highest BCUT2D eigenvalue weighted by atomic mass is 16.6. The van der Waals surface area contributed by atoms with Gasteiger partial charge in [-0.05, 0) is 48.0 Å². The standard InChI is InChI=1S/C23H19N5O4/c1-32-20-4-2-3-17(13-20)21-14-22(23(29)25-15-16-9-11-24-12-10-16)27(26-21)18-5-7-19(8-6-18)28(30)31/h2-14H,15H2,1H3,(H,25,29). The zero-order chi connectivity index (χ0) is 22.5. The zero-order valence-electron chi connectivity index (χ0n) is 17.1. The fourth-order valence-electron chi connectivity index (χ4n) is 3.15. The summed E-state index contributed by atoms with van der Waals surface area (Å²) in [6, 6.07) is 18.5. The average molecular weight is 429 g/mol. The van der Waals surface area contributed by atoms with Gasteiger partial charge in [-0.3, -0.25) is 19.9 Å². The van der Waals surface area contributed by atoms with Crippen molar-refractivity contribution in [3.05, 3.63) is 100 Å². The maximum absolute atomic E-state index is 13.0. The topological polar surface area (TPSA) is 112 Å². The number of hydrogen-bond acceptors (Lipinski definition) is 6. The minimum absolute atomic E-state index is 0.0439. The van der Waals surface area contributed by atoms with Crippen LogP contribution in [0.4, 0.5) is 5.69 Å². The molecule has 1 N–H and O–H groups in total. The number of amides is 1. The molecular weight excluding hydrogens is 410 g/mol. The smallest absolute Gasteiger partial charge is 0.270 e. The molecule has 0 fully saturated rings. The first-order valence-electron chi connectivity index (χ1n) is 9.71. The number of nitrogens with one attached hydrogen (secondary N) is 1. The van der Waals surface area contributed by atoms with E-state index in [1.807, 2.05) is 36.4 Å². The van der Waals surface area contributed by atoms with E-state index in [1.54, 1.807) is 37.7 Å². The first-order chi connectivity index (χ1) is 15.5. The first-order valence-corrected chi connectivity index (χ1v) is 9.71. The normalized spacial score (nSPS) is 10.5. The minimum atomic E-state index is -0.475. The number of carbonyl (C=O) groups is 1. The van der Waals surface area contributed by atoms with Crippen LogP contribution in [0.25, 0.3) is 16.9 Å². The lowest BCUT2D eigenvalue weighted by Crippen LogP contribution is -2.25. The summed E-state index contributed by atoms with van der Waals surface area (Å²) in [4.78, 5) is 27.5. The third-order valence-corrected chi connectivity index (χ3v) is 4.82. The SMILES string of the molecule is COc1cccc(-c2cc(C(=O)NCc3ccncc3)n(-c3ccc([N+](=O)[O-])cc3)n2)c1. The summed E-state index contributed by atoms with van der Waals surface area (Å²) in [7, 11) is 1.58. The Morgan fingerprint density at radius 3 is 2.53 bits per heavy atom. The molecule has 2 heterocycles. The Balaban J connectivity index is 1.71. The second-order valence-corrected chi connectivity index (χ2v) is 6.87. The molecule has 9 nitrogen and oxygen atoms in total. The van der Waals surface area contributed by atoms with E-state index in [9.17, 15) is 14.9 Å². The largest absolute Gasteiger partial charge is 0.497 e. The number of nitro groups is 1. The van der Waals surface area contributed by atoms with E-state index < -0.39 is 4.92 Å². The molecular formula is C23H19N5O4. The van der Waals surface area contributed by atoms with Gasteiger partial charge in [0.2, 0.25) is 0 Å². The molecule has 0 aliphatic carbocycles. The number of carbonyl (C=O) groups excluding carboxylic acids is 1. The van der Waals surface area contributed by atoms with Gasteiger partial charge in [0.1, 0.15) is 11.4 Å². The van der Waals surface area contributed by atoms with Gasteiger partial charge in [-0.1, -0.05) is 12.1 Å². The molecule has 0 spiro atoms. The van der Waals surface area contributed by atoms with E-state index in [2.05, 4.69) is 15.4 Å². The molecule has 2 aromatic carbocycles. The molecule has 0 radical (unpaired) electrons. The number of methoxy groups -OCH3 is 1. The summed E-state index contributed by atoms with van der Waals surface area (Å²) in [6.45, 7) is 0.321. The van der Waals surface area contributed by atoms with Crippen molar-refractivity contribution in [1.82, 2.24) is 20.1 Å². The highest BCUT2D eigenvalue weighted by Crippen LogP contribution is 2.26. The first kappa shape index (κ1) is 20.7. The number of hydrogen-bond donors (Lipinski definition) is 1. The third kappa shape index (κ3) is 4.46. The van der Waals surface area contributed by atoms with Crippen LogP contribution in [-0.2, 0) is 6.54 Å². The average Bonchev–Trinajstić information content (AvgIpc) is 3.29. The Morgan fingerprint density at radius 1 is 1.09 bits per heavy atom. The summed E-state index contributed by atoms with van der Waals surface area (Å²) in [5.41, 5.74) is 3.02. The Bertz CT molecular complexity index is 1250. The summed E-state index contributed by atoms with van der Waals surface area (Å²) >= 11 is 0. The number of nitro benzene ring substituents is 1. The van der Waals surface area contributed by atoms with Gasteiger partial charge in [0, 0.05) is 36.6 Å². The quantitative estimate of drug-likeness (QED) is 0.353. The van der Waals surface area contributed by atoms with Gasteiger partial charge in [-0.25, -0.2) is 4.68 Å². The zero-order valence-corrected chi connectivity index (χ0v) is 17.1. The number of benzene rings is 2. The molecule has 4 rings (SSSR count). The molecule has 0 atom stereocenters. The maximum Gasteiger partial charge on any atom is 0.270 e. The van der Waals surface area contributed by atoms with Crippen molar-refractivity contribution in [1.29, 1.82) is 0 Å². The van der Waals surface area contributed by atoms with Crippen LogP contribution in [0.3, 0.4) is 0 Å². The molecule has 9 heteroatoms. The summed E-state index contributed by atoms with van der Waals surface area (Å²) in [6.07, 6.45) is 3.31. The van der Waals surface area contributed by atoms with Crippen molar-refractivity contribution in [2.75, 3.05) is 7.11 Å². The number of pyridine rings is 1. The van der Waals surface area contributed by atoms with E-state index in [-0.39, 0.29) is 11.6 Å². The number of nitrogens with zero attached hydrogens (tertiary/aromatic N) is 4. The fraction of sp³-hybridized carbons (Fsp3) is 0.0870. The molecule has 4 aromatic rings. The number of non-ortho nitro benzene ring substituents is 1. The van der Waals surface area contributed by atoms with Crippen LogP contribution in [-0.4, -0.2) is 32.7 Å². The van der Waals surface area contributed by atoms with Gasteiger partial charge >= 0.3 is 0 Å². The Labute approximate surface area is 183 Å². The number of ether oxygens (including phenoxy) is 1. The minimum Gasteiger partial charge on any atom is -0.497 e. The Kier molecular flexibility index (Phi) is 5.89. The summed E-state index contributed by atoms with van der Waals surface area (Å²) in [5.74, 6) is 0.331.